The maximum Gasteiger partial charge on any atom is 0.417 e. The molecule has 0 aliphatic rings. The van der Waals surface area contributed by atoms with Crippen molar-refractivity contribution >= 4 is 0 Å². The normalized spacial score (nSPS) is 12.6. The quantitative estimate of drug-likeness (QED) is 0.241. The van der Waals surface area contributed by atoms with E-state index in [1.807, 2.05) is 0 Å². The van der Waals surface area contributed by atoms with Crippen LogP contribution in [0.5, 0.6) is 0 Å². The Labute approximate surface area is 199 Å². The third kappa shape index (κ3) is 4.96. The predicted molar refractivity (Wildman–Crippen MR) is 118 cm³/mol. The third-order valence-corrected chi connectivity index (χ3v) is 5.61. The number of hydrogen-bond donors (Lipinski definition) is 0. The second-order valence-electron chi connectivity index (χ2n) is 7.89. The molecule has 0 fully saturated rings. The maximum atomic E-state index is 13.9. The topological polar surface area (TPSA) is 0 Å². The summed E-state index contributed by atoms with van der Waals surface area (Å²) in [6.07, 6.45) is -14.4. The van der Waals surface area contributed by atoms with Crippen LogP contribution < -0.4 is 0 Å². The summed E-state index contributed by atoms with van der Waals surface area (Å²) in [7, 11) is 0. The van der Waals surface area contributed by atoms with Gasteiger partial charge < -0.3 is 0 Å². The highest BCUT2D eigenvalue weighted by atomic mass is 19.4. The maximum absolute atomic E-state index is 13.9. The molecule has 0 atom stereocenters. The minimum absolute atomic E-state index is 0.0943. The summed E-state index contributed by atoms with van der Waals surface area (Å²) < 4.78 is 124. The Kier molecular flexibility index (Phi) is 6.36. The monoisotopic (exact) mass is 510 g/mol. The van der Waals surface area contributed by atoms with E-state index >= 15 is 0 Å². The first-order valence-corrected chi connectivity index (χ1v) is 10.4. The lowest BCUT2D eigenvalue weighted by Gasteiger charge is -2.20. The highest BCUT2D eigenvalue weighted by Crippen LogP contribution is 2.46. The van der Waals surface area contributed by atoms with Gasteiger partial charge in [0.25, 0.3) is 0 Å². The number of hydrogen-bond acceptors (Lipinski definition) is 0. The van der Waals surface area contributed by atoms with Gasteiger partial charge in [0.15, 0.2) is 0 Å². The van der Waals surface area contributed by atoms with Crippen molar-refractivity contribution in [3.63, 3.8) is 0 Å². The Balaban J connectivity index is 2.08. The van der Waals surface area contributed by atoms with E-state index in [0.717, 1.165) is 60.7 Å². The Morgan fingerprint density at radius 2 is 0.694 bits per heavy atom. The standard InChI is InChI=1S/C27H15F9/c28-25(29,30)22-10-4-1-7-17(22)16-13-14-18(19-8-2-5-11-23(19)26(31,32)33)21(15-16)20-9-3-6-12-24(20)27(34,35)36/h1-15H. The zero-order valence-electron chi connectivity index (χ0n) is 18.1. The van der Waals surface area contributed by atoms with Crippen molar-refractivity contribution in [1.29, 1.82) is 0 Å². The molecule has 9 heteroatoms. The van der Waals surface area contributed by atoms with Gasteiger partial charge in [-0.1, -0.05) is 66.7 Å². The van der Waals surface area contributed by atoms with Crippen LogP contribution in [0, 0.1) is 0 Å². The smallest absolute Gasteiger partial charge is 0.166 e. The third-order valence-electron chi connectivity index (χ3n) is 5.61. The number of halogens is 9. The van der Waals surface area contributed by atoms with Gasteiger partial charge in [0, 0.05) is 0 Å². The van der Waals surface area contributed by atoms with Crippen LogP contribution >= 0.6 is 0 Å². The molecular formula is C27H15F9. The molecule has 0 spiro atoms. The van der Waals surface area contributed by atoms with Crippen LogP contribution in [0.3, 0.4) is 0 Å². The van der Waals surface area contributed by atoms with Gasteiger partial charge in [-0.15, -0.1) is 0 Å². The van der Waals surface area contributed by atoms with Crippen molar-refractivity contribution in [3.8, 4) is 33.4 Å². The number of benzene rings is 4. The van der Waals surface area contributed by atoms with Crippen LogP contribution in [0.25, 0.3) is 33.4 Å². The molecule has 0 N–H and O–H groups in total. The fourth-order valence-corrected chi connectivity index (χ4v) is 4.08. The molecule has 0 unspecified atom stereocenters. The van der Waals surface area contributed by atoms with E-state index in [2.05, 4.69) is 0 Å². The minimum atomic E-state index is -4.86. The van der Waals surface area contributed by atoms with Gasteiger partial charge in [-0.2, -0.15) is 39.5 Å². The lowest BCUT2D eigenvalue weighted by molar-refractivity contribution is -0.138. The first-order chi connectivity index (χ1) is 16.8. The summed E-state index contributed by atoms with van der Waals surface area (Å²) in [6, 6.07) is 16.4. The molecule has 0 nitrogen and oxygen atoms in total. The predicted octanol–water partition coefficient (Wildman–Crippen LogP) is 9.74. The summed E-state index contributed by atoms with van der Waals surface area (Å²) in [5.41, 5.74) is -4.98. The first-order valence-electron chi connectivity index (χ1n) is 10.4. The van der Waals surface area contributed by atoms with Gasteiger partial charge in [0.05, 0.1) is 16.7 Å². The molecule has 0 radical (unpaired) electrons. The van der Waals surface area contributed by atoms with Gasteiger partial charge in [0.1, 0.15) is 0 Å². The van der Waals surface area contributed by atoms with Gasteiger partial charge in [0.2, 0.25) is 0 Å². The van der Waals surface area contributed by atoms with Gasteiger partial charge in [-0.3, -0.25) is 0 Å². The Hall–Kier alpha value is -3.75. The van der Waals surface area contributed by atoms with Crippen molar-refractivity contribution in [2.24, 2.45) is 0 Å². The molecule has 186 valence electrons. The molecule has 0 heterocycles. The lowest BCUT2D eigenvalue weighted by atomic mass is 9.86. The van der Waals surface area contributed by atoms with E-state index in [9.17, 15) is 39.5 Å². The summed E-state index contributed by atoms with van der Waals surface area (Å²) in [6.45, 7) is 0. The van der Waals surface area contributed by atoms with Gasteiger partial charge in [-0.25, -0.2) is 0 Å². The fraction of sp³-hybridized carbons (Fsp3) is 0.111. The van der Waals surface area contributed by atoms with E-state index in [0.29, 0.717) is 0 Å². The van der Waals surface area contributed by atoms with Crippen LogP contribution in [0.2, 0.25) is 0 Å². The molecule has 4 rings (SSSR count). The lowest BCUT2D eigenvalue weighted by Crippen LogP contribution is -2.09. The van der Waals surface area contributed by atoms with Crippen LogP contribution in [-0.4, -0.2) is 0 Å². The SMILES string of the molecule is FC(F)(F)c1ccccc1-c1ccc(-c2ccccc2C(F)(F)F)c(-c2ccccc2C(F)(F)F)c1. The molecule has 0 saturated carbocycles. The van der Waals surface area contributed by atoms with Crippen LogP contribution in [0.4, 0.5) is 39.5 Å². The number of alkyl halides is 9. The van der Waals surface area contributed by atoms with Crippen molar-refractivity contribution in [2.75, 3.05) is 0 Å². The first kappa shape index (κ1) is 25.3. The average molecular weight is 510 g/mol. The molecule has 0 bridgehead atoms. The summed E-state index contributed by atoms with van der Waals surface area (Å²) in [5.74, 6) is 0. The Morgan fingerprint density at radius 3 is 1.14 bits per heavy atom. The van der Waals surface area contributed by atoms with Crippen LogP contribution in [-0.2, 0) is 18.5 Å². The van der Waals surface area contributed by atoms with Gasteiger partial charge >= 0.3 is 18.5 Å². The van der Waals surface area contributed by atoms with Crippen molar-refractivity contribution in [3.05, 3.63) is 108 Å². The zero-order chi connectivity index (χ0) is 26.3. The highest BCUT2D eigenvalue weighted by Gasteiger charge is 2.37. The average Bonchev–Trinajstić information content (AvgIpc) is 2.82. The second-order valence-corrected chi connectivity index (χ2v) is 7.89. The molecule has 0 amide bonds. The molecule has 0 saturated heterocycles. The molecule has 4 aromatic carbocycles. The van der Waals surface area contributed by atoms with E-state index in [1.54, 1.807) is 0 Å². The summed E-state index contributed by atoms with van der Waals surface area (Å²) in [4.78, 5) is 0. The van der Waals surface area contributed by atoms with E-state index in [-0.39, 0.29) is 22.3 Å². The zero-order valence-corrected chi connectivity index (χ0v) is 18.1. The molecule has 36 heavy (non-hydrogen) atoms. The molecular weight excluding hydrogens is 495 g/mol. The summed E-state index contributed by atoms with van der Waals surface area (Å²) in [5, 5.41) is 0. The van der Waals surface area contributed by atoms with E-state index < -0.39 is 46.3 Å². The van der Waals surface area contributed by atoms with E-state index in [4.69, 9.17) is 0 Å². The van der Waals surface area contributed by atoms with Crippen molar-refractivity contribution in [1.82, 2.24) is 0 Å². The van der Waals surface area contributed by atoms with Crippen LogP contribution in [0.15, 0.2) is 91.0 Å². The molecule has 0 aliphatic heterocycles. The van der Waals surface area contributed by atoms with Crippen LogP contribution in [0.1, 0.15) is 16.7 Å². The fourth-order valence-electron chi connectivity index (χ4n) is 4.08. The van der Waals surface area contributed by atoms with Gasteiger partial charge in [-0.05, 0) is 57.6 Å². The van der Waals surface area contributed by atoms with E-state index in [1.165, 1.54) is 30.3 Å². The largest absolute Gasteiger partial charge is 0.417 e. The van der Waals surface area contributed by atoms with Crippen molar-refractivity contribution in [2.45, 2.75) is 18.5 Å². The molecule has 4 aromatic rings. The second kappa shape index (κ2) is 9.04. The minimum Gasteiger partial charge on any atom is -0.166 e. The Morgan fingerprint density at radius 1 is 0.333 bits per heavy atom. The number of rotatable bonds is 3. The summed E-state index contributed by atoms with van der Waals surface area (Å²) >= 11 is 0. The molecule has 0 aliphatic carbocycles. The molecule has 0 aromatic heterocycles. The highest BCUT2D eigenvalue weighted by molar-refractivity contribution is 5.90. The Bertz CT molecular complexity index is 1390. The van der Waals surface area contributed by atoms with Crippen molar-refractivity contribution < 1.29 is 39.5 Å².